The highest BCUT2D eigenvalue weighted by Crippen LogP contribution is 2.39. The van der Waals surface area contributed by atoms with Crippen molar-refractivity contribution in [1.29, 1.82) is 0 Å². The summed E-state index contributed by atoms with van der Waals surface area (Å²) >= 11 is 6.23. The predicted molar refractivity (Wildman–Crippen MR) is 87.1 cm³/mol. The zero-order valence-corrected chi connectivity index (χ0v) is 12.4. The molecule has 2 aromatic carbocycles. The summed E-state index contributed by atoms with van der Waals surface area (Å²) < 4.78 is 13.5. The first-order valence-electron chi connectivity index (χ1n) is 6.47. The van der Waals surface area contributed by atoms with E-state index in [-0.39, 0.29) is 11.9 Å². The number of anilines is 1. The third kappa shape index (κ3) is 3.01. The zero-order chi connectivity index (χ0) is 15.6. The van der Waals surface area contributed by atoms with Gasteiger partial charge in [0.25, 0.3) is 0 Å². The summed E-state index contributed by atoms with van der Waals surface area (Å²) in [7, 11) is 0. The van der Waals surface area contributed by atoms with Crippen LogP contribution >= 0.6 is 11.6 Å². The Morgan fingerprint density at radius 3 is 2.57 bits per heavy atom. The van der Waals surface area contributed by atoms with E-state index in [0.717, 1.165) is 5.56 Å². The number of nitrogen functional groups attached to an aromatic ring is 1. The third-order valence-corrected chi connectivity index (χ3v) is 3.57. The lowest BCUT2D eigenvalue weighted by molar-refractivity contribution is 0.628. The number of hydrogen-bond donors (Lipinski definition) is 3. The quantitative estimate of drug-likeness (QED) is 0.757. The molecular weight excluding hydrogens is 289 g/mol. The summed E-state index contributed by atoms with van der Waals surface area (Å²) in [5.74, 6) is -0.339. The minimum Gasteiger partial charge on any atom is -0.405 e. The van der Waals surface area contributed by atoms with Crippen LogP contribution in [0.1, 0.15) is 24.1 Å². The molecule has 1 unspecified atom stereocenters. The van der Waals surface area contributed by atoms with Gasteiger partial charge < -0.3 is 17.2 Å². The van der Waals surface area contributed by atoms with Crippen molar-refractivity contribution in [3.05, 3.63) is 58.5 Å². The first kappa shape index (κ1) is 15.4. The van der Waals surface area contributed by atoms with Gasteiger partial charge in [0.15, 0.2) is 0 Å². The van der Waals surface area contributed by atoms with Gasteiger partial charge in [-0.1, -0.05) is 23.7 Å². The number of rotatable bonds is 3. The fraction of sp³-hybridized carbons (Fsp3) is 0.125. The van der Waals surface area contributed by atoms with Gasteiger partial charge in [0.1, 0.15) is 5.82 Å². The van der Waals surface area contributed by atoms with E-state index in [2.05, 4.69) is 0 Å². The van der Waals surface area contributed by atoms with Crippen LogP contribution in [0.2, 0.25) is 5.02 Å². The molecule has 1 atom stereocenters. The molecule has 0 fully saturated rings. The Kier molecular flexibility index (Phi) is 4.50. The van der Waals surface area contributed by atoms with Crippen LogP contribution in [0.4, 0.5) is 10.1 Å². The summed E-state index contributed by atoms with van der Waals surface area (Å²) in [6, 6.07) is 7.66. The lowest BCUT2D eigenvalue weighted by Gasteiger charge is -2.19. The minimum atomic E-state index is -0.339. The minimum absolute atomic E-state index is 0.293. The Morgan fingerprint density at radius 1 is 1.29 bits per heavy atom. The number of halogens is 2. The molecule has 0 saturated carbocycles. The van der Waals surface area contributed by atoms with Gasteiger partial charge in [-0.2, -0.15) is 0 Å². The van der Waals surface area contributed by atoms with Gasteiger partial charge in [0.2, 0.25) is 0 Å². The molecule has 0 heterocycles. The highest BCUT2D eigenvalue weighted by Gasteiger charge is 2.17. The molecule has 2 rings (SSSR count). The lowest BCUT2D eigenvalue weighted by Crippen LogP contribution is -2.09. The molecule has 0 radical (unpaired) electrons. The molecule has 0 bridgehead atoms. The molecule has 0 aliphatic carbocycles. The molecule has 2 aromatic rings. The second-order valence-corrected chi connectivity index (χ2v) is 5.22. The van der Waals surface area contributed by atoms with Gasteiger partial charge in [-0.05, 0) is 48.5 Å². The lowest BCUT2D eigenvalue weighted by atomic mass is 9.91. The van der Waals surface area contributed by atoms with E-state index in [4.69, 9.17) is 28.8 Å². The van der Waals surface area contributed by atoms with Crippen LogP contribution < -0.4 is 17.2 Å². The molecule has 0 saturated heterocycles. The third-order valence-electron chi connectivity index (χ3n) is 3.25. The van der Waals surface area contributed by atoms with Crippen LogP contribution in [0.3, 0.4) is 0 Å². The van der Waals surface area contributed by atoms with Gasteiger partial charge in [0, 0.05) is 22.9 Å². The van der Waals surface area contributed by atoms with E-state index in [9.17, 15) is 4.39 Å². The highest BCUT2D eigenvalue weighted by atomic mass is 35.5. The van der Waals surface area contributed by atoms with Crippen molar-refractivity contribution >= 4 is 23.4 Å². The van der Waals surface area contributed by atoms with Crippen LogP contribution in [-0.2, 0) is 0 Å². The number of benzene rings is 2. The van der Waals surface area contributed by atoms with E-state index >= 15 is 0 Å². The van der Waals surface area contributed by atoms with Crippen molar-refractivity contribution in [3.8, 4) is 11.1 Å². The predicted octanol–water partition coefficient (Wildman–Crippen LogP) is 3.68. The molecular formula is C16H17ClFN3. The van der Waals surface area contributed by atoms with E-state index in [0.29, 0.717) is 27.4 Å². The average molecular weight is 306 g/mol. The Bertz CT molecular complexity index is 696. The van der Waals surface area contributed by atoms with Crippen molar-refractivity contribution in [2.75, 3.05) is 5.73 Å². The summed E-state index contributed by atoms with van der Waals surface area (Å²) in [6.45, 7) is 1.83. The second kappa shape index (κ2) is 6.16. The molecule has 110 valence electrons. The molecule has 5 heteroatoms. The molecule has 6 N–H and O–H groups in total. The van der Waals surface area contributed by atoms with E-state index in [1.54, 1.807) is 24.3 Å². The molecule has 0 aliphatic heterocycles. The second-order valence-electron chi connectivity index (χ2n) is 4.81. The topological polar surface area (TPSA) is 78.1 Å². The number of hydrogen-bond acceptors (Lipinski definition) is 3. The zero-order valence-electron chi connectivity index (χ0n) is 11.6. The maximum atomic E-state index is 13.5. The van der Waals surface area contributed by atoms with Crippen LogP contribution in [0.15, 0.2) is 36.5 Å². The van der Waals surface area contributed by atoms with Crippen molar-refractivity contribution in [2.45, 2.75) is 13.0 Å². The Morgan fingerprint density at radius 2 is 2.00 bits per heavy atom. The molecule has 21 heavy (non-hydrogen) atoms. The van der Waals surface area contributed by atoms with E-state index in [1.807, 2.05) is 6.92 Å². The SMILES string of the molecule is CC(N)c1cc(Cl)c(/C=C\N)c(N)c1-c1cccc(F)c1. The molecule has 0 spiro atoms. The Labute approximate surface area is 128 Å². The summed E-state index contributed by atoms with van der Waals surface area (Å²) in [5, 5.41) is 0.460. The van der Waals surface area contributed by atoms with Gasteiger partial charge in [-0.15, -0.1) is 0 Å². The fourth-order valence-electron chi connectivity index (χ4n) is 2.30. The number of nitrogens with two attached hydrogens (primary N) is 3. The van der Waals surface area contributed by atoms with Crippen molar-refractivity contribution in [1.82, 2.24) is 0 Å². The largest absolute Gasteiger partial charge is 0.405 e. The van der Waals surface area contributed by atoms with Crippen molar-refractivity contribution in [2.24, 2.45) is 11.5 Å². The fourth-order valence-corrected chi connectivity index (χ4v) is 2.58. The first-order valence-corrected chi connectivity index (χ1v) is 6.85. The summed E-state index contributed by atoms with van der Waals surface area (Å²) in [4.78, 5) is 0. The molecule has 3 nitrogen and oxygen atoms in total. The Balaban J connectivity index is 2.81. The highest BCUT2D eigenvalue weighted by molar-refractivity contribution is 6.33. The van der Waals surface area contributed by atoms with Crippen LogP contribution in [-0.4, -0.2) is 0 Å². The first-order chi connectivity index (χ1) is 9.95. The monoisotopic (exact) mass is 305 g/mol. The smallest absolute Gasteiger partial charge is 0.123 e. The van der Waals surface area contributed by atoms with Crippen molar-refractivity contribution in [3.63, 3.8) is 0 Å². The van der Waals surface area contributed by atoms with E-state index < -0.39 is 0 Å². The Hall–Kier alpha value is -2.04. The van der Waals surface area contributed by atoms with Gasteiger partial charge in [-0.25, -0.2) is 4.39 Å². The van der Waals surface area contributed by atoms with Crippen LogP contribution in [0.5, 0.6) is 0 Å². The van der Waals surface area contributed by atoms with Gasteiger partial charge >= 0.3 is 0 Å². The summed E-state index contributed by atoms with van der Waals surface area (Å²) in [6.07, 6.45) is 2.98. The van der Waals surface area contributed by atoms with Crippen molar-refractivity contribution < 1.29 is 4.39 Å². The standard InChI is InChI=1S/C16H17ClFN3/c1-9(20)13-8-14(17)12(5-6-19)16(21)15(13)10-3-2-4-11(18)7-10/h2-9H,19-21H2,1H3/b6-5-. The van der Waals surface area contributed by atoms with Gasteiger partial charge in [0.05, 0.1) is 5.02 Å². The van der Waals surface area contributed by atoms with E-state index in [1.165, 1.54) is 18.3 Å². The molecule has 0 aliphatic rings. The van der Waals surface area contributed by atoms with Gasteiger partial charge in [-0.3, -0.25) is 0 Å². The average Bonchev–Trinajstić information content (AvgIpc) is 2.42. The molecule has 0 amide bonds. The summed E-state index contributed by atoms with van der Waals surface area (Å²) in [5.41, 5.74) is 20.8. The maximum absolute atomic E-state index is 13.5. The van der Waals surface area contributed by atoms with Crippen LogP contribution in [0.25, 0.3) is 17.2 Å². The normalized spacial score (nSPS) is 12.8. The van der Waals surface area contributed by atoms with Crippen LogP contribution in [0, 0.1) is 5.82 Å². The maximum Gasteiger partial charge on any atom is 0.123 e. The molecule has 0 aromatic heterocycles.